The number of hydrogen-bond acceptors (Lipinski definition) is 2. The molecule has 1 heterocycles. The highest BCUT2D eigenvalue weighted by Crippen LogP contribution is 2.22. The molecule has 0 saturated carbocycles. The third-order valence-electron chi connectivity index (χ3n) is 2.77. The summed E-state index contributed by atoms with van der Waals surface area (Å²) in [6.07, 6.45) is 6.04. The molecule has 13 heavy (non-hydrogen) atoms. The van der Waals surface area contributed by atoms with Gasteiger partial charge >= 0.3 is 0 Å². The van der Waals surface area contributed by atoms with Crippen LogP contribution >= 0.6 is 0 Å². The van der Waals surface area contributed by atoms with Gasteiger partial charge in [0.2, 0.25) is 0 Å². The van der Waals surface area contributed by atoms with Crippen LogP contribution in [0.2, 0.25) is 0 Å². The molecule has 1 aliphatic rings. The van der Waals surface area contributed by atoms with Crippen molar-refractivity contribution in [3.8, 4) is 0 Å². The fourth-order valence-corrected chi connectivity index (χ4v) is 1.92. The second-order valence-electron chi connectivity index (χ2n) is 4.40. The van der Waals surface area contributed by atoms with Crippen LogP contribution in [0.5, 0.6) is 0 Å². The van der Waals surface area contributed by atoms with Gasteiger partial charge in [-0.05, 0) is 44.9 Å². The fraction of sp³-hybridized carbons (Fsp3) is 1.00. The molecule has 0 aromatic rings. The van der Waals surface area contributed by atoms with E-state index in [0.717, 1.165) is 19.4 Å². The lowest BCUT2D eigenvalue weighted by Crippen LogP contribution is -2.12. The summed E-state index contributed by atoms with van der Waals surface area (Å²) >= 11 is 0. The van der Waals surface area contributed by atoms with Crippen LogP contribution in [0.25, 0.3) is 0 Å². The number of aliphatic hydroxyl groups excluding tert-OH is 1. The van der Waals surface area contributed by atoms with E-state index in [1.807, 2.05) is 6.92 Å². The Hall–Kier alpha value is -0.0800. The summed E-state index contributed by atoms with van der Waals surface area (Å²) in [4.78, 5) is 0. The maximum absolute atomic E-state index is 9.13. The van der Waals surface area contributed by atoms with E-state index >= 15 is 0 Å². The predicted octanol–water partition coefficient (Wildman–Crippen LogP) is 2.35. The Morgan fingerprint density at radius 2 is 2.15 bits per heavy atom. The van der Waals surface area contributed by atoms with E-state index in [-0.39, 0.29) is 6.10 Å². The van der Waals surface area contributed by atoms with Crippen LogP contribution in [0.3, 0.4) is 0 Å². The van der Waals surface area contributed by atoms with Gasteiger partial charge in [-0.15, -0.1) is 0 Å². The van der Waals surface area contributed by atoms with Gasteiger partial charge in [0, 0.05) is 6.61 Å². The van der Waals surface area contributed by atoms with Crippen molar-refractivity contribution in [3.63, 3.8) is 0 Å². The molecule has 2 heteroatoms. The third kappa shape index (κ3) is 4.63. The monoisotopic (exact) mass is 186 g/mol. The molecule has 0 aromatic heterocycles. The topological polar surface area (TPSA) is 29.5 Å². The van der Waals surface area contributed by atoms with E-state index in [1.165, 1.54) is 19.3 Å². The van der Waals surface area contributed by atoms with E-state index < -0.39 is 0 Å². The summed E-state index contributed by atoms with van der Waals surface area (Å²) in [6, 6.07) is 0. The van der Waals surface area contributed by atoms with Crippen LogP contribution in [-0.2, 0) is 4.74 Å². The summed E-state index contributed by atoms with van der Waals surface area (Å²) in [5.74, 6) is 0.692. The molecule has 0 bridgehead atoms. The van der Waals surface area contributed by atoms with Crippen molar-refractivity contribution in [3.05, 3.63) is 0 Å². The molecule has 78 valence electrons. The SMILES string of the molecule is C[C@H](CC[C@H](C)O)C[C@H]1CCCO1. The van der Waals surface area contributed by atoms with E-state index in [9.17, 15) is 0 Å². The third-order valence-corrected chi connectivity index (χ3v) is 2.77. The van der Waals surface area contributed by atoms with Gasteiger partial charge in [-0.2, -0.15) is 0 Å². The highest BCUT2D eigenvalue weighted by molar-refractivity contribution is 4.68. The lowest BCUT2D eigenvalue weighted by Gasteiger charge is -2.16. The molecule has 1 N–H and O–H groups in total. The van der Waals surface area contributed by atoms with Gasteiger partial charge in [0.1, 0.15) is 0 Å². The molecule has 1 fully saturated rings. The highest BCUT2D eigenvalue weighted by atomic mass is 16.5. The molecule has 0 aromatic carbocycles. The smallest absolute Gasteiger partial charge is 0.0578 e. The molecule has 2 nitrogen and oxygen atoms in total. The summed E-state index contributed by atoms with van der Waals surface area (Å²) in [5.41, 5.74) is 0. The summed E-state index contributed by atoms with van der Waals surface area (Å²) in [6.45, 7) is 5.07. The molecule has 0 aliphatic carbocycles. The van der Waals surface area contributed by atoms with Crippen LogP contribution in [0.15, 0.2) is 0 Å². The van der Waals surface area contributed by atoms with Gasteiger partial charge in [0.25, 0.3) is 0 Å². The Balaban J connectivity index is 2.05. The molecule has 1 aliphatic heterocycles. The Morgan fingerprint density at radius 3 is 2.69 bits per heavy atom. The van der Waals surface area contributed by atoms with Crippen LogP contribution in [0.1, 0.15) is 46.0 Å². The number of rotatable bonds is 5. The van der Waals surface area contributed by atoms with Gasteiger partial charge in [0.05, 0.1) is 12.2 Å². The van der Waals surface area contributed by atoms with Crippen molar-refractivity contribution in [2.24, 2.45) is 5.92 Å². The Morgan fingerprint density at radius 1 is 1.38 bits per heavy atom. The van der Waals surface area contributed by atoms with Gasteiger partial charge in [-0.25, -0.2) is 0 Å². The molecule has 3 atom stereocenters. The van der Waals surface area contributed by atoms with Crippen LogP contribution < -0.4 is 0 Å². The van der Waals surface area contributed by atoms with E-state index in [2.05, 4.69) is 6.92 Å². The van der Waals surface area contributed by atoms with Crippen LogP contribution in [-0.4, -0.2) is 23.9 Å². The number of aliphatic hydroxyl groups is 1. The van der Waals surface area contributed by atoms with Gasteiger partial charge in [-0.3, -0.25) is 0 Å². The minimum Gasteiger partial charge on any atom is -0.393 e. The van der Waals surface area contributed by atoms with Crippen molar-refractivity contribution in [1.29, 1.82) is 0 Å². The Kier molecular flexibility index (Phi) is 4.74. The maximum Gasteiger partial charge on any atom is 0.0578 e. The zero-order valence-electron chi connectivity index (χ0n) is 8.83. The quantitative estimate of drug-likeness (QED) is 0.714. The van der Waals surface area contributed by atoms with Crippen molar-refractivity contribution in [2.45, 2.75) is 58.2 Å². The standard InChI is InChI=1S/C11H22O2/c1-9(5-6-10(2)12)8-11-4-3-7-13-11/h9-12H,3-8H2,1-2H3/t9-,10+,11-/m1/s1. The average Bonchev–Trinajstić information content (AvgIpc) is 2.53. The average molecular weight is 186 g/mol. The van der Waals surface area contributed by atoms with Crippen LogP contribution in [0, 0.1) is 5.92 Å². The van der Waals surface area contributed by atoms with Gasteiger partial charge in [0.15, 0.2) is 0 Å². The number of hydrogen-bond donors (Lipinski definition) is 1. The summed E-state index contributed by atoms with van der Waals surface area (Å²) < 4.78 is 5.57. The largest absolute Gasteiger partial charge is 0.393 e. The maximum atomic E-state index is 9.13. The number of ether oxygens (including phenoxy) is 1. The lowest BCUT2D eigenvalue weighted by atomic mass is 9.96. The fourth-order valence-electron chi connectivity index (χ4n) is 1.92. The molecule has 1 rings (SSSR count). The molecule has 0 unspecified atom stereocenters. The predicted molar refractivity (Wildman–Crippen MR) is 53.7 cm³/mol. The highest BCUT2D eigenvalue weighted by Gasteiger charge is 2.18. The Labute approximate surface area is 81.3 Å². The first kappa shape index (κ1) is 11.0. The van der Waals surface area contributed by atoms with E-state index in [0.29, 0.717) is 12.0 Å². The van der Waals surface area contributed by atoms with Crippen molar-refractivity contribution in [1.82, 2.24) is 0 Å². The Bertz CT molecular complexity index is 128. The van der Waals surface area contributed by atoms with Gasteiger partial charge in [-0.1, -0.05) is 6.92 Å². The molecular formula is C11H22O2. The normalized spacial score (nSPS) is 27.5. The zero-order valence-corrected chi connectivity index (χ0v) is 8.83. The molecule has 0 radical (unpaired) electrons. The lowest BCUT2D eigenvalue weighted by molar-refractivity contribution is 0.0871. The van der Waals surface area contributed by atoms with E-state index in [1.54, 1.807) is 0 Å². The minimum atomic E-state index is -0.146. The molecule has 0 amide bonds. The van der Waals surface area contributed by atoms with E-state index in [4.69, 9.17) is 9.84 Å². The summed E-state index contributed by atoms with van der Waals surface area (Å²) in [5, 5.41) is 9.13. The second-order valence-corrected chi connectivity index (χ2v) is 4.40. The first-order valence-corrected chi connectivity index (χ1v) is 5.48. The van der Waals surface area contributed by atoms with Crippen molar-refractivity contribution >= 4 is 0 Å². The summed E-state index contributed by atoms with van der Waals surface area (Å²) in [7, 11) is 0. The molecule has 1 saturated heterocycles. The van der Waals surface area contributed by atoms with Crippen molar-refractivity contribution in [2.75, 3.05) is 6.61 Å². The second kappa shape index (κ2) is 5.61. The first-order chi connectivity index (χ1) is 6.18. The zero-order chi connectivity index (χ0) is 9.68. The van der Waals surface area contributed by atoms with Crippen molar-refractivity contribution < 1.29 is 9.84 Å². The first-order valence-electron chi connectivity index (χ1n) is 5.48. The van der Waals surface area contributed by atoms with Gasteiger partial charge < -0.3 is 9.84 Å². The minimum absolute atomic E-state index is 0.146. The molecule has 0 spiro atoms. The van der Waals surface area contributed by atoms with Crippen LogP contribution in [0.4, 0.5) is 0 Å². The molecular weight excluding hydrogens is 164 g/mol.